The number of primary amides is 1. The summed E-state index contributed by atoms with van der Waals surface area (Å²) in [6.07, 6.45) is 6.97. The summed E-state index contributed by atoms with van der Waals surface area (Å²) >= 11 is 0. The molecule has 2 N–H and O–H groups in total. The van der Waals surface area contributed by atoms with E-state index in [0.717, 1.165) is 44.5 Å². The van der Waals surface area contributed by atoms with Gasteiger partial charge in [-0.2, -0.15) is 5.10 Å². The van der Waals surface area contributed by atoms with E-state index in [9.17, 15) is 4.79 Å². The fourth-order valence-electron chi connectivity index (χ4n) is 2.59. The van der Waals surface area contributed by atoms with Crippen LogP contribution in [0.4, 0.5) is 0 Å². The van der Waals surface area contributed by atoms with E-state index < -0.39 is 5.54 Å². The van der Waals surface area contributed by atoms with Gasteiger partial charge in [0.2, 0.25) is 5.91 Å². The van der Waals surface area contributed by atoms with E-state index in [4.69, 9.17) is 5.73 Å². The van der Waals surface area contributed by atoms with Crippen LogP contribution < -0.4 is 5.73 Å². The molecule has 1 aliphatic heterocycles. The third kappa shape index (κ3) is 2.41. The van der Waals surface area contributed by atoms with Crippen LogP contribution in [0.2, 0.25) is 0 Å². The van der Waals surface area contributed by atoms with Crippen molar-refractivity contribution < 1.29 is 4.79 Å². The maximum Gasteiger partial charge on any atom is 0.237 e. The van der Waals surface area contributed by atoms with E-state index in [1.165, 1.54) is 0 Å². The zero-order chi connectivity index (χ0) is 13.2. The van der Waals surface area contributed by atoms with Gasteiger partial charge in [-0.1, -0.05) is 0 Å². The second-order valence-corrected chi connectivity index (χ2v) is 5.22. The predicted octanol–water partition coefficient (Wildman–Crippen LogP) is 1.13. The Hall–Kier alpha value is -1.36. The molecule has 18 heavy (non-hydrogen) atoms. The van der Waals surface area contributed by atoms with Crippen LogP contribution in [0.25, 0.3) is 0 Å². The van der Waals surface area contributed by atoms with Crippen molar-refractivity contribution in [1.82, 2.24) is 14.7 Å². The highest BCUT2D eigenvalue weighted by molar-refractivity contribution is 5.84. The van der Waals surface area contributed by atoms with Crippen molar-refractivity contribution >= 4 is 5.91 Å². The number of nitrogens with zero attached hydrogens (tertiary/aromatic N) is 3. The minimum absolute atomic E-state index is 0.218. The van der Waals surface area contributed by atoms with Crippen molar-refractivity contribution in [3.8, 4) is 0 Å². The summed E-state index contributed by atoms with van der Waals surface area (Å²) in [4.78, 5) is 13.9. The molecular weight excluding hydrogens is 228 g/mol. The van der Waals surface area contributed by atoms with Crippen LogP contribution in [0.3, 0.4) is 0 Å². The number of carbonyl (C=O) groups is 1. The Kier molecular flexibility index (Phi) is 3.71. The van der Waals surface area contributed by atoms with Crippen LogP contribution in [0, 0.1) is 0 Å². The first-order valence-corrected chi connectivity index (χ1v) is 6.62. The highest BCUT2D eigenvalue weighted by Crippen LogP contribution is 2.29. The molecule has 2 heterocycles. The molecule has 0 aromatic carbocycles. The van der Waals surface area contributed by atoms with Gasteiger partial charge in [-0.3, -0.25) is 14.4 Å². The average molecular weight is 250 g/mol. The lowest BCUT2D eigenvalue weighted by Crippen LogP contribution is -2.57. The molecule has 1 saturated heterocycles. The minimum atomic E-state index is -0.507. The number of rotatable bonds is 4. The fourth-order valence-corrected chi connectivity index (χ4v) is 2.59. The van der Waals surface area contributed by atoms with Gasteiger partial charge in [0.1, 0.15) is 0 Å². The van der Waals surface area contributed by atoms with Crippen molar-refractivity contribution in [2.24, 2.45) is 5.73 Å². The first-order valence-electron chi connectivity index (χ1n) is 6.62. The maximum absolute atomic E-state index is 11.7. The second-order valence-electron chi connectivity index (χ2n) is 5.22. The van der Waals surface area contributed by atoms with E-state index >= 15 is 0 Å². The lowest BCUT2D eigenvalue weighted by Gasteiger charge is -2.42. The topological polar surface area (TPSA) is 64.2 Å². The first kappa shape index (κ1) is 13.1. The lowest BCUT2D eigenvalue weighted by molar-refractivity contribution is -0.132. The zero-order valence-electron chi connectivity index (χ0n) is 11.2. The third-order valence-corrected chi connectivity index (χ3v) is 3.95. The molecule has 0 saturated carbocycles. The molecule has 0 spiro atoms. The van der Waals surface area contributed by atoms with Gasteiger partial charge in [0.05, 0.1) is 11.7 Å². The highest BCUT2D eigenvalue weighted by Gasteiger charge is 2.39. The SMILES string of the molecule is CCn1cc(CN2CCCC[C@@]2(C)C(N)=O)cn1. The van der Waals surface area contributed by atoms with Crippen molar-refractivity contribution in [3.05, 3.63) is 18.0 Å². The van der Waals surface area contributed by atoms with Crippen molar-refractivity contribution in [2.45, 2.75) is 51.7 Å². The van der Waals surface area contributed by atoms with Gasteiger partial charge in [-0.25, -0.2) is 0 Å². The van der Waals surface area contributed by atoms with Gasteiger partial charge in [0, 0.05) is 24.8 Å². The van der Waals surface area contributed by atoms with Gasteiger partial charge < -0.3 is 5.73 Å². The molecule has 0 radical (unpaired) electrons. The van der Waals surface area contributed by atoms with E-state index in [1.807, 2.05) is 24.0 Å². The molecule has 0 unspecified atom stereocenters. The summed E-state index contributed by atoms with van der Waals surface area (Å²) < 4.78 is 1.90. The summed E-state index contributed by atoms with van der Waals surface area (Å²) in [5, 5.41) is 4.27. The fraction of sp³-hybridized carbons (Fsp3) is 0.692. The summed E-state index contributed by atoms with van der Waals surface area (Å²) in [7, 11) is 0. The smallest absolute Gasteiger partial charge is 0.237 e. The standard InChI is InChI=1S/C13H22N4O/c1-3-17-10-11(8-15-17)9-16-7-5-4-6-13(16,2)12(14)18/h8,10H,3-7,9H2,1-2H3,(H2,14,18)/t13-/m0/s1. The van der Waals surface area contributed by atoms with Crippen molar-refractivity contribution in [3.63, 3.8) is 0 Å². The molecule has 5 nitrogen and oxygen atoms in total. The van der Waals surface area contributed by atoms with E-state index in [1.54, 1.807) is 0 Å². The number of hydrogen-bond acceptors (Lipinski definition) is 3. The summed E-state index contributed by atoms with van der Waals surface area (Å²) in [6.45, 7) is 6.56. The number of nitrogens with two attached hydrogens (primary N) is 1. The lowest BCUT2D eigenvalue weighted by atomic mass is 9.87. The Labute approximate surface area is 108 Å². The van der Waals surface area contributed by atoms with Crippen LogP contribution >= 0.6 is 0 Å². The van der Waals surface area contributed by atoms with Gasteiger partial charge >= 0.3 is 0 Å². The Balaban J connectivity index is 2.12. The number of aryl methyl sites for hydroxylation is 1. The van der Waals surface area contributed by atoms with E-state index in [-0.39, 0.29) is 5.91 Å². The van der Waals surface area contributed by atoms with Crippen LogP contribution in [0.15, 0.2) is 12.4 Å². The molecule has 5 heteroatoms. The molecule has 0 bridgehead atoms. The van der Waals surface area contributed by atoms with Gasteiger partial charge in [-0.15, -0.1) is 0 Å². The van der Waals surface area contributed by atoms with Gasteiger partial charge in [-0.05, 0) is 39.7 Å². The Morgan fingerprint density at radius 1 is 1.56 bits per heavy atom. The van der Waals surface area contributed by atoms with Crippen molar-refractivity contribution in [1.29, 1.82) is 0 Å². The maximum atomic E-state index is 11.7. The molecule has 100 valence electrons. The van der Waals surface area contributed by atoms with Crippen LogP contribution in [-0.4, -0.2) is 32.7 Å². The average Bonchev–Trinajstić information content (AvgIpc) is 2.80. The minimum Gasteiger partial charge on any atom is -0.368 e. The van der Waals surface area contributed by atoms with Crippen LogP contribution in [-0.2, 0) is 17.9 Å². The van der Waals surface area contributed by atoms with E-state index in [2.05, 4.69) is 16.9 Å². The van der Waals surface area contributed by atoms with E-state index in [0.29, 0.717) is 0 Å². The summed E-state index contributed by atoms with van der Waals surface area (Å²) in [5.74, 6) is -0.218. The second kappa shape index (κ2) is 5.10. The third-order valence-electron chi connectivity index (χ3n) is 3.95. The Bertz CT molecular complexity index is 428. The molecule has 1 atom stereocenters. The molecule has 1 aliphatic rings. The zero-order valence-corrected chi connectivity index (χ0v) is 11.2. The summed E-state index contributed by atoms with van der Waals surface area (Å²) in [6, 6.07) is 0. The molecule has 2 rings (SSSR count). The largest absolute Gasteiger partial charge is 0.368 e. The number of aromatic nitrogens is 2. The molecule has 0 aliphatic carbocycles. The normalized spacial score (nSPS) is 25.2. The number of amides is 1. The molecule has 1 aromatic heterocycles. The Morgan fingerprint density at radius 2 is 2.33 bits per heavy atom. The predicted molar refractivity (Wildman–Crippen MR) is 69.8 cm³/mol. The number of carbonyl (C=O) groups excluding carboxylic acids is 1. The van der Waals surface area contributed by atoms with Gasteiger partial charge in [0.15, 0.2) is 0 Å². The first-order chi connectivity index (χ1) is 8.56. The number of hydrogen-bond donors (Lipinski definition) is 1. The molecular formula is C13H22N4O. The monoisotopic (exact) mass is 250 g/mol. The molecule has 1 amide bonds. The Morgan fingerprint density at radius 3 is 2.94 bits per heavy atom. The highest BCUT2D eigenvalue weighted by atomic mass is 16.1. The summed E-state index contributed by atoms with van der Waals surface area (Å²) in [5.41, 5.74) is 6.21. The number of likely N-dealkylation sites (tertiary alicyclic amines) is 1. The molecule has 1 fully saturated rings. The quantitative estimate of drug-likeness (QED) is 0.871. The molecule has 1 aromatic rings. The number of piperidine rings is 1. The van der Waals surface area contributed by atoms with Gasteiger partial charge in [0.25, 0.3) is 0 Å². The van der Waals surface area contributed by atoms with Crippen molar-refractivity contribution in [2.75, 3.05) is 6.54 Å². The van der Waals surface area contributed by atoms with Crippen LogP contribution in [0.5, 0.6) is 0 Å². The van der Waals surface area contributed by atoms with Crippen LogP contribution in [0.1, 0.15) is 38.7 Å².